The third-order valence-electron chi connectivity index (χ3n) is 2.99. The van der Waals surface area contributed by atoms with Crippen LogP contribution in [0.4, 0.5) is 0 Å². The van der Waals surface area contributed by atoms with Gasteiger partial charge in [-0.3, -0.25) is 9.36 Å². The summed E-state index contributed by atoms with van der Waals surface area (Å²) in [5.41, 5.74) is 1.05. The molecule has 2 aromatic rings. The molecular formula is C12H19N5O2S. The van der Waals surface area contributed by atoms with Crippen LogP contribution in [-0.2, 0) is 16.6 Å². The first kappa shape index (κ1) is 14.7. The lowest BCUT2D eigenvalue weighted by atomic mass is 10.3. The van der Waals surface area contributed by atoms with Crippen LogP contribution in [0.2, 0.25) is 0 Å². The van der Waals surface area contributed by atoms with Crippen molar-refractivity contribution in [1.29, 1.82) is 0 Å². The van der Waals surface area contributed by atoms with E-state index in [1.54, 1.807) is 15.6 Å². The highest BCUT2D eigenvalue weighted by Gasteiger charge is 2.17. The lowest BCUT2D eigenvalue weighted by Gasteiger charge is -2.12. The molecule has 0 fully saturated rings. The summed E-state index contributed by atoms with van der Waals surface area (Å²) in [5, 5.41) is 8.14. The zero-order valence-electron chi connectivity index (χ0n) is 11.8. The van der Waals surface area contributed by atoms with Gasteiger partial charge in [-0.05, 0) is 26.3 Å². The maximum atomic E-state index is 12.1. The molecule has 0 aliphatic heterocycles. The molecule has 0 saturated carbocycles. The topological polar surface area (TPSA) is 81.8 Å². The molecule has 0 spiro atoms. The number of nitrogens with zero attached hydrogens (tertiary/aromatic N) is 4. The number of aromatic nitrogens is 4. The summed E-state index contributed by atoms with van der Waals surface area (Å²) in [6, 6.07) is -0.0558. The standard InChI is InChI=1S/C12H19N5O2S/c1-4-16-9-12(7-13-16)20(18,19)15-6-11(3)17-8-10(2)5-14-17/h5,7-9,11,15H,4,6H2,1-3H3/t11-/m1/s1. The van der Waals surface area contributed by atoms with Crippen molar-refractivity contribution in [2.45, 2.75) is 38.3 Å². The zero-order chi connectivity index (χ0) is 14.8. The summed E-state index contributed by atoms with van der Waals surface area (Å²) in [6.45, 7) is 6.67. The lowest BCUT2D eigenvalue weighted by molar-refractivity contribution is 0.478. The van der Waals surface area contributed by atoms with Crippen molar-refractivity contribution in [3.05, 3.63) is 30.4 Å². The predicted molar refractivity (Wildman–Crippen MR) is 74.8 cm³/mol. The normalized spacial score (nSPS) is 13.6. The number of sulfonamides is 1. The number of nitrogens with one attached hydrogen (secondary N) is 1. The van der Waals surface area contributed by atoms with Crippen LogP contribution < -0.4 is 4.72 Å². The highest BCUT2D eigenvalue weighted by molar-refractivity contribution is 7.89. The van der Waals surface area contributed by atoms with Gasteiger partial charge in [0.2, 0.25) is 10.0 Å². The van der Waals surface area contributed by atoms with Crippen LogP contribution in [0, 0.1) is 6.92 Å². The van der Waals surface area contributed by atoms with Crippen LogP contribution in [0.1, 0.15) is 25.5 Å². The Labute approximate surface area is 118 Å². The third-order valence-corrected chi connectivity index (χ3v) is 4.37. The lowest BCUT2D eigenvalue weighted by Crippen LogP contribution is -2.29. The first-order valence-electron chi connectivity index (χ1n) is 6.45. The van der Waals surface area contributed by atoms with Crippen molar-refractivity contribution in [3.8, 4) is 0 Å². The summed E-state index contributed by atoms with van der Waals surface area (Å²) >= 11 is 0. The van der Waals surface area contributed by atoms with Gasteiger partial charge >= 0.3 is 0 Å². The first-order valence-corrected chi connectivity index (χ1v) is 7.93. The largest absolute Gasteiger partial charge is 0.272 e. The van der Waals surface area contributed by atoms with Crippen LogP contribution in [0.5, 0.6) is 0 Å². The summed E-state index contributed by atoms with van der Waals surface area (Å²) in [7, 11) is -3.52. The molecule has 0 radical (unpaired) electrons. The average Bonchev–Trinajstić information content (AvgIpc) is 3.04. The van der Waals surface area contributed by atoms with Gasteiger partial charge in [0.25, 0.3) is 0 Å². The molecule has 0 aliphatic carbocycles. The molecule has 0 bridgehead atoms. The molecular weight excluding hydrogens is 278 g/mol. The summed E-state index contributed by atoms with van der Waals surface area (Å²) in [4.78, 5) is 0.184. The van der Waals surface area contributed by atoms with Gasteiger partial charge < -0.3 is 0 Å². The minimum atomic E-state index is -3.52. The second kappa shape index (κ2) is 5.76. The van der Waals surface area contributed by atoms with Crippen molar-refractivity contribution in [1.82, 2.24) is 24.3 Å². The van der Waals surface area contributed by atoms with E-state index >= 15 is 0 Å². The smallest absolute Gasteiger partial charge is 0.243 e. The highest BCUT2D eigenvalue weighted by Crippen LogP contribution is 2.09. The molecule has 20 heavy (non-hydrogen) atoms. The van der Waals surface area contributed by atoms with Crippen molar-refractivity contribution in [2.75, 3.05) is 6.54 Å². The van der Waals surface area contributed by atoms with E-state index in [0.717, 1.165) is 5.56 Å². The highest BCUT2D eigenvalue weighted by atomic mass is 32.2. The van der Waals surface area contributed by atoms with E-state index in [-0.39, 0.29) is 17.5 Å². The Hall–Kier alpha value is -1.67. The minimum absolute atomic E-state index is 0.0558. The SMILES string of the molecule is CCn1cc(S(=O)(=O)NC[C@@H](C)n2cc(C)cn2)cn1. The number of aryl methyl sites for hydroxylation is 2. The average molecular weight is 297 g/mol. The minimum Gasteiger partial charge on any atom is -0.272 e. The quantitative estimate of drug-likeness (QED) is 0.860. The number of hydrogen-bond donors (Lipinski definition) is 1. The Balaban J connectivity index is 2.02. The molecule has 2 heterocycles. The molecule has 110 valence electrons. The Morgan fingerprint density at radius 3 is 2.60 bits per heavy atom. The van der Waals surface area contributed by atoms with E-state index in [4.69, 9.17) is 0 Å². The fourth-order valence-corrected chi connectivity index (χ4v) is 2.81. The molecule has 0 amide bonds. The van der Waals surface area contributed by atoms with Gasteiger partial charge in [0.05, 0.1) is 18.4 Å². The van der Waals surface area contributed by atoms with Crippen molar-refractivity contribution in [3.63, 3.8) is 0 Å². The maximum absolute atomic E-state index is 12.1. The fourth-order valence-electron chi connectivity index (χ4n) is 1.74. The Morgan fingerprint density at radius 1 is 1.30 bits per heavy atom. The summed E-state index contributed by atoms with van der Waals surface area (Å²) < 4.78 is 30.1. The van der Waals surface area contributed by atoms with Crippen molar-refractivity contribution in [2.24, 2.45) is 0 Å². The molecule has 0 aliphatic rings. The Bertz CT molecular complexity index is 674. The van der Waals surface area contributed by atoms with Gasteiger partial charge in [0.15, 0.2) is 0 Å². The van der Waals surface area contributed by atoms with Gasteiger partial charge in [0.1, 0.15) is 4.90 Å². The first-order chi connectivity index (χ1) is 9.42. The molecule has 1 atom stereocenters. The Morgan fingerprint density at radius 2 is 2.05 bits per heavy atom. The van der Waals surface area contributed by atoms with Crippen LogP contribution >= 0.6 is 0 Å². The molecule has 0 unspecified atom stereocenters. The second-order valence-corrected chi connectivity index (χ2v) is 6.50. The van der Waals surface area contributed by atoms with E-state index in [0.29, 0.717) is 6.54 Å². The van der Waals surface area contributed by atoms with Crippen molar-refractivity contribution >= 4 is 10.0 Å². The third kappa shape index (κ3) is 3.26. The molecule has 7 nitrogen and oxygen atoms in total. The molecule has 2 rings (SSSR count). The van der Waals surface area contributed by atoms with E-state index < -0.39 is 10.0 Å². The van der Waals surface area contributed by atoms with E-state index in [1.165, 1.54) is 12.4 Å². The van der Waals surface area contributed by atoms with Gasteiger partial charge in [-0.15, -0.1) is 0 Å². The predicted octanol–water partition coefficient (Wildman–Crippen LogP) is 0.947. The van der Waals surface area contributed by atoms with E-state index in [9.17, 15) is 8.42 Å². The fraction of sp³-hybridized carbons (Fsp3) is 0.500. The summed E-state index contributed by atoms with van der Waals surface area (Å²) in [5.74, 6) is 0. The van der Waals surface area contributed by atoms with E-state index in [1.807, 2.05) is 27.0 Å². The van der Waals surface area contributed by atoms with Gasteiger partial charge in [-0.1, -0.05) is 0 Å². The molecule has 1 N–H and O–H groups in total. The molecule has 8 heteroatoms. The molecule has 0 aromatic carbocycles. The monoisotopic (exact) mass is 297 g/mol. The summed E-state index contributed by atoms with van der Waals surface area (Å²) in [6.07, 6.45) is 6.50. The van der Waals surface area contributed by atoms with Crippen LogP contribution in [0.3, 0.4) is 0 Å². The van der Waals surface area contributed by atoms with Crippen LogP contribution in [0.25, 0.3) is 0 Å². The van der Waals surface area contributed by atoms with Crippen LogP contribution in [-0.4, -0.2) is 34.5 Å². The van der Waals surface area contributed by atoms with Crippen LogP contribution in [0.15, 0.2) is 29.7 Å². The van der Waals surface area contributed by atoms with Gasteiger partial charge in [-0.25, -0.2) is 13.1 Å². The zero-order valence-corrected chi connectivity index (χ0v) is 12.6. The van der Waals surface area contributed by atoms with Gasteiger partial charge in [-0.2, -0.15) is 10.2 Å². The van der Waals surface area contributed by atoms with Gasteiger partial charge in [0, 0.05) is 25.5 Å². The molecule has 0 saturated heterocycles. The number of hydrogen-bond acceptors (Lipinski definition) is 4. The molecule has 2 aromatic heterocycles. The van der Waals surface area contributed by atoms with E-state index in [2.05, 4.69) is 14.9 Å². The Kier molecular flexibility index (Phi) is 4.24. The number of rotatable bonds is 6. The maximum Gasteiger partial charge on any atom is 0.243 e. The second-order valence-electron chi connectivity index (χ2n) is 4.73. The van der Waals surface area contributed by atoms with Crippen molar-refractivity contribution < 1.29 is 8.42 Å².